The molecule has 0 spiro atoms. The number of amides is 8. The number of aromatic nitrogens is 3. The fourth-order valence-electron chi connectivity index (χ4n) is 10.5. The van der Waals surface area contributed by atoms with Crippen molar-refractivity contribution in [2.75, 3.05) is 13.1 Å². The minimum absolute atomic E-state index is 0.00936. The Balaban J connectivity index is 1.41. The SMILES string of the molecule is CC(C)C[C@@H]1NC(=O)[C@@H](NC(=O)C2CCC(=O)N2)[C@H](C(C)C)c2ccc3c4c([nH]c3c2)-n2cnc(c2)C[C@@H](C(=O)O)NC(=O)[C@H](CCCN=C(N)N)NC(=O)[C@@H]2CCCN2C(=O)C(C4)NC(=O)[C@H](C(C)C)NC1=O. The van der Waals surface area contributed by atoms with Gasteiger partial charge >= 0.3 is 5.97 Å². The summed E-state index contributed by atoms with van der Waals surface area (Å²) >= 11 is 0. The van der Waals surface area contributed by atoms with E-state index < -0.39 is 107 Å². The summed E-state index contributed by atoms with van der Waals surface area (Å²) < 4.78 is 1.61. The molecule has 3 aromatic rings. The summed E-state index contributed by atoms with van der Waals surface area (Å²) in [7, 11) is 0. The quantitative estimate of drug-likeness (QED) is 0.0487. The first kappa shape index (κ1) is 54.2. The molecule has 400 valence electrons. The smallest absolute Gasteiger partial charge is 0.326 e. The monoisotopic (exact) mass is 1030 g/mol. The van der Waals surface area contributed by atoms with E-state index in [2.05, 4.69) is 52.2 Å². The summed E-state index contributed by atoms with van der Waals surface area (Å²) in [6.07, 6.45) is 3.94. The van der Waals surface area contributed by atoms with E-state index in [0.29, 0.717) is 34.3 Å². The summed E-state index contributed by atoms with van der Waals surface area (Å²) in [5, 5.41) is 30.6. The van der Waals surface area contributed by atoms with E-state index in [-0.39, 0.29) is 93.9 Å². The van der Waals surface area contributed by atoms with Crippen molar-refractivity contribution in [3.63, 3.8) is 0 Å². The molecule has 2 unspecified atom stereocenters. The van der Waals surface area contributed by atoms with E-state index in [0.717, 1.165) is 0 Å². The van der Waals surface area contributed by atoms with Gasteiger partial charge in [0.15, 0.2) is 5.96 Å². The maximum absolute atomic E-state index is 15.3. The van der Waals surface area contributed by atoms with Crippen LogP contribution in [0.1, 0.15) is 109 Å². The number of carboxylic acids is 1. The lowest BCUT2D eigenvalue weighted by molar-refractivity contribution is -0.143. The van der Waals surface area contributed by atoms with Crippen LogP contribution in [-0.2, 0) is 56.0 Å². The maximum Gasteiger partial charge on any atom is 0.326 e. The average molecular weight is 1030 g/mol. The third-order valence-electron chi connectivity index (χ3n) is 14.2. The van der Waals surface area contributed by atoms with Gasteiger partial charge in [-0.1, -0.05) is 53.7 Å². The van der Waals surface area contributed by atoms with E-state index >= 15 is 4.79 Å². The Labute approximate surface area is 428 Å². The number of nitrogens with zero attached hydrogens (tertiary/aromatic N) is 4. The van der Waals surface area contributed by atoms with Gasteiger partial charge in [-0.15, -0.1) is 0 Å². The second-order valence-electron chi connectivity index (χ2n) is 20.9. The van der Waals surface area contributed by atoms with Crippen LogP contribution in [0.15, 0.2) is 35.7 Å². The van der Waals surface area contributed by atoms with Crippen molar-refractivity contribution in [3.05, 3.63) is 47.5 Å². The van der Waals surface area contributed by atoms with Gasteiger partial charge in [0.2, 0.25) is 47.3 Å². The summed E-state index contributed by atoms with van der Waals surface area (Å²) in [6.45, 7) is 11.2. The molecule has 9 atom stereocenters. The first-order valence-corrected chi connectivity index (χ1v) is 25.5. The highest BCUT2D eigenvalue weighted by molar-refractivity contribution is 6.00. The van der Waals surface area contributed by atoms with Crippen molar-refractivity contribution < 1.29 is 48.3 Å². The molecule has 5 aliphatic heterocycles. The van der Waals surface area contributed by atoms with Gasteiger partial charge in [-0.05, 0) is 67.9 Å². The Morgan fingerprint density at radius 3 is 2.23 bits per heavy atom. The molecule has 5 aliphatic rings. The molecule has 1 aromatic carbocycles. The fraction of sp³-hybridized carbons (Fsp3) is 0.580. The van der Waals surface area contributed by atoms with Crippen LogP contribution in [0, 0.1) is 17.8 Å². The molecule has 13 N–H and O–H groups in total. The second-order valence-corrected chi connectivity index (χ2v) is 20.9. The number of nitrogens with one attached hydrogen (secondary N) is 8. The third kappa shape index (κ3) is 12.4. The van der Waals surface area contributed by atoms with Crippen LogP contribution < -0.4 is 48.7 Å². The highest BCUT2D eigenvalue weighted by Crippen LogP contribution is 2.35. The number of aliphatic carboxylic acids is 1. The lowest BCUT2D eigenvalue weighted by Crippen LogP contribution is -2.61. The number of H-pyrrole nitrogens is 1. The maximum atomic E-state index is 15.3. The number of fused-ring (bicyclic) bond motifs is 14. The Morgan fingerprint density at radius 1 is 0.838 bits per heavy atom. The number of carbonyl (C=O) groups excluding carboxylic acids is 8. The normalized spacial score (nSPS) is 26.3. The van der Waals surface area contributed by atoms with Crippen molar-refractivity contribution in [3.8, 4) is 5.82 Å². The number of aliphatic imine (C=N–C) groups is 1. The van der Waals surface area contributed by atoms with Crippen LogP contribution in [0.5, 0.6) is 0 Å². The van der Waals surface area contributed by atoms with Crippen LogP contribution in [0.4, 0.5) is 0 Å². The number of guanidine groups is 1. The first-order valence-electron chi connectivity index (χ1n) is 25.5. The van der Waals surface area contributed by atoms with E-state index in [9.17, 15) is 43.5 Å². The van der Waals surface area contributed by atoms with Crippen molar-refractivity contribution >= 4 is 70.1 Å². The molecule has 0 saturated carbocycles. The molecule has 2 fully saturated rings. The molecular weight excluding hydrogens is 957 g/mol. The molecule has 0 radical (unpaired) electrons. The molecule has 8 amide bonds. The Morgan fingerprint density at radius 2 is 1.57 bits per heavy atom. The first-order chi connectivity index (χ1) is 35.1. The van der Waals surface area contributed by atoms with E-state index in [1.54, 1.807) is 24.6 Å². The molecule has 7 bridgehead atoms. The van der Waals surface area contributed by atoms with Gasteiger partial charge in [0.1, 0.15) is 60.5 Å². The van der Waals surface area contributed by atoms with Crippen LogP contribution in [-0.4, -0.2) is 145 Å². The molecule has 24 nitrogen and oxygen atoms in total. The average Bonchev–Trinajstić information content (AvgIpc) is 4.17. The topological polar surface area (TPSA) is 359 Å². The Bertz CT molecular complexity index is 2690. The number of carbonyl (C=O) groups is 9. The Hall–Kier alpha value is -7.53. The van der Waals surface area contributed by atoms with Crippen LogP contribution in [0.25, 0.3) is 16.7 Å². The summed E-state index contributed by atoms with van der Waals surface area (Å²) in [5.41, 5.74) is 12.9. The van der Waals surface area contributed by atoms with Gasteiger partial charge in [0.25, 0.3) is 0 Å². The lowest BCUT2D eigenvalue weighted by Gasteiger charge is -2.33. The zero-order chi connectivity index (χ0) is 53.7. The largest absolute Gasteiger partial charge is 0.480 e. The number of benzene rings is 1. The number of carboxylic acid groups (broad SMARTS) is 1. The zero-order valence-electron chi connectivity index (χ0n) is 42.7. The lowest BCUT2D eigenvalue weighted by atomic mass is 9.81. The molecule has 7 heterocycles. The molecule has 2 saturated heterocycles. The third-order valence-corrected chi connectivity index (χ3v) is 14.2. The molecule has 74 heavy (non-hydrogen) atoms. The number of imidazole rings is 1. The van der Waals surface area contributed by atoms with Crippen molar-refractivity contribution in [2.24, 2.45) is 34.2 Å². The van der Waals surface area contributed by atoms with Crippen LogP contribution >= 0.6 is 0 Å². The molecule has 0 aliphatic carbocycles. The number of aromatic amines is 1. The highest BCUT2D eigenvalue weighted by atomic mass is 16.4. The van der Waals surface area contributed by atoms with Gasteiger partial charge in [0, 0.05) is 60.9 Å². The summed E-state index contributed by atoms with van der Waals surface area (Å²) in [4.78, 5) is 140. The van der Waals surface area contributed by atoms with E-state index in [1.807, 2.05) is 45.9 Å². The number of nitrogens with two attached hydrogens (primary N) is 2. The number of hydrogen-bond acceptors (Lipinski definition) is 11. The zero-order valence-corrected chi connectivity index (χ0v) is 42.7. The van der Waals surface area contributed by atoms with E-state index in [4.69, 9.17) is 11.5 Å². The van der Waals surface area contributed by atoms with Gasteiger partial charge in [-0.3, -0.25) is 47.9 Å². The van der Waals surface area contributed by atoms with Crippen molar-refractivity contribution in [1.29, 1.82) is 0 Å². The molecule has 8 rings (SSSR count). The second kappa shape index (κ2) is 23.1. The number of hydrogen-bond donors (Lipinski definition) is 11. The Kier molecular flexibility index (Phi) is 17.0. The van der Waals surface area contributed by atoms with Gasteiger partial charge in [-0.2, -0.15) is 0 Å². The van der Waals surface area contributed by atoms with Crippen LogP contribution in [0.3, 0.4) is 0 Å². The summed E-state index contributed by atoms with van der Waals surface area (Å²) in [6, 6.07) is -4.35. The highest BCUT2D eigenvalue weighted by Gasteiger charge is 2.43. The predicted molar refractivity (Wildman–Crippen MR) is 270 cm³/mol. The molecule has 24 heteroatoms. The van der Waals surface area contributed by atoms with Crippen LogP contribution in [0.2, 0.25) is 0 Å². The minimum atomic E-state index is -1.49. The molecule has 2 aromatic heterocycles. The summed E-state index contributed by atoms with van der Waals surface area (Å²) in [5.74, 6) is -7.88. The van der Waals surface area contributed by atoms with Gasteiger partial charge < -0.3 is 63.7 Å². The standard InChI is InChI=1S/C50H70N14O10/c1-23(2)17-33-44(68)61-39(25(5)6)46(70)59-34-20-29-28-12-11-26(38(24(3)4)40(47(71)58-33)62-43(67)31-13-14-37(65)55-31)18-32(28)56-41(29)63-21-27(54-22-63)19-35(49(73)74)60-42(66)30(9-7-15-53-50(51)52)57-45(69)36-10-8-16-64(36)48(34)72/h11-12,18,21-25,30-31,33-36,38-40,56H,7-10,13-17,19-20H2,1-6H3,(H,55,65)(H,57,69)(H,58,71)(H,59,70)(H,60,66)(H,61,68)(H,62,67)(H,73,74)(H4,51,52,53)/t30-,31?,33-,34?,35-,36-,38+,39-,40-/m0/s1. The minimum Gasteiger partial charge on any atom is -0.480 e. The predicted octanol–water partition coefficient (Wildman–Crippen LogP) is -0.776. The van der Waals surface area contributed by atoms with Gasteiger partial charge in [0.05, 0.1) is 5.69 Å². The fourth-order valence-corrected chi connectivity index (χ4v) is 10.5. The number of rotatable bonds is 11. The van der Waals surface area contributed by atoms with Crippen molar-refractivity contribution in [1.82, 2.24) is 56.7 Å². The molecular formula is C50H70N14O10. The van der Waals surface area contributed by atoms with Crippen molar-refractivity contribution in [2.45, 2.75) is 154 Å². The van der Waals surface area contributed by atoms with Gasteiger partial charge in [-0.25, -0.2) is 9.78 Å². The van der Waals surface area contributed by atoms with E-state index in [1.165, 1.54) is 11.2 Å².